The predicted molar refractivity (Wildman–Crippen MR) is 114 cm³/mol. The fraction of sp³-hybridized carbons (Fsp3) is 0.273. The van der Waals surface area contributed by atoms with Crippen LogP contribution in [0.2, 0.25) is 0 Å². The van der Waals surface area contributed by atoms with Crippen molar-refractivity contribution in [1.82, 2.24) is 9.29 Å². The number of benzene rings is 2. The van der Waals surface area contributed by atoms with Crippen LogP contribution in [0.1, 0.15) is 22.5 Å². The van der Waals surface area contributed by atoms with Crippen LogP contribution in [0, 0.1) is 12.7 Å². The lowest BCUT2D eigenvalue weighted by Gasteiger charge is -2.18. The Kier molecular flexibility index (Phi) is 5.59. The second-order valence-corrected chi connectivity index (χ2v) is 9.53. The number of methoxy groups -OCH3 is 1. The number of ether oxygens (including phenoxy) is 1. The Morgan fingerprint density at radius 1 is 1.25 bits per heavy atom. The van der Waals surface area contributed by atoms with Gasteiger partial charge in [-0.05, 0) is 42.7 Å². The molecule has 1 N–H and O–H groups in total. The van der Waals surface area contributed by atoms with Crippen LogP contribution in [-0.4, -0.2) is 55.2 Å². The highest BCUT2D eigenvalue weighted by Crippen LogP contribution is 2.38. The molecule has 32 heavy (non-hydrogen) atoms. The number of alkyl halides is 1. The van der Waals surface area contributed by atoms with E-state index in [4.69, 9.17) is 4.74 Å². The summed E-state index contributed by atoms with van der Waals surface area (Å²) < 4.78 is 60.8. The smallest absolute Gasteiger partial charge is 0.354 e. The molecule has 10 heteroatoms. The summed E-state index contributed by atoms with van der Waals surface area (Å²) in [5, 5.41) is 9.91. The molecule has 0 saturated carbocycles. The molecule has 0 radical (unpaired) electrons. The molecular formula is C22H20F2N2O5S. The molecular weight excluding hydrogens is 442 g/mol. The van der Waals surface area contributed by atoms with Crippen LogP contribution in [0.4, 0.5) is 8.78 Å². The maximum absolute atomic E-state index is 15.3. The van der Waals surface area contributed by atoms with Crippen molar-refractivity contribution in [3.05, 3.63) is 53.5 Å². The highest BCUT2D eigenvalue weighted by atomic mass is 32.2. The molecule has 1 atom stereocenters. The van der Waals surface area contributed by atoms with Crippen LogP contribution >= 0.6 is 0 Å². The number of hydrogen-bond acceptors (Lipinski definition) is 5. The lowest BCUT2D eigenvalue weighted by molar-refractivity contribution is 0.0691. The molecule has 0 amide bonds. The number of aryl methyl sites for hydroxylation is 1. The molecule has 2 heterocycles. The van der Waals surface area contributed by atoms with Gasteiger partial charge in [-0.1, -0.05) is 12.1 Å². The Balaban J connectivity index is 1.85. The summed E-state index contributed by atoms with van der Waals surface area (Å²) in [6.07, 6.45) is -1.15. The van der Waals surface area contributed by atoms with E-state index in [9.17, 15) is 22.7 Å². The van der Waals surface area contributed by atoms with E-state index in [1.807, 2.05) is 0 Å². The van der Waals surface area contributed by atoms with Gasteiger partial charge in [-0.15, -0.1) is 0 Å². The first-order chi connectivity index (χ1) is 15.1. The van der Waals surface area contributed by atoms with Gasteiger partial charge in [-0.25, -0.2) is 27.0 Å². The fourth-order valence-electron chi connectivity index (χ4n) is 3.88. The summed E-state index contributed by atoms with van der Waals surface area (Å²) in [5.41, 5.74) is 1.30. The van der Waals surface area contributed by atoms with E-state index in [0.717, 1.165) is 15.9 Å². The van der Waals surface area contributed by atoms with E-state index in [2.05, 4.69) is 4.98 Å². The lowest BCUT2D eigenvalue weighted by Crippen LogP contribution is -2.29. The molecule has 0 bridgehead atoms. The van der Waals surface area contributed by atoms with Gasteiger partial charge in [0.2, 0.25) is 10.0 Å². The summed E-state index contributed by atoms with van der Waals surface area (Å²) in [6.45, 7) is 1.53. The summed E-state index contributed by atoms with van der Waals surface area (Å²) in [4.78, 5) is 15.1. The second-order valence-electron chi connectivity index (χ2n) is 7.59. The second kappa shape index (κ2) is 8.10. The molecule has 7 nitrogen and oxygen atoms in total. The van der Waals surface area contributed by atoms with Crippen molar-refractivity contribution in [2.75, 3.05) is 20.2 Å². The van der Waals surface area contributed by atoms with Gasteiger partial charge in [-0.2, -0.15) is 4.31 Å². The molecule has 0 unspecified atom stereocenters. The SMILES string of the molecule is COc1cc(S(=O)(=O)N2CC[C@H](F)C2)cc(F)c1-c1cc(C)c2ccc(C(=O)O)nc2c1. The highest BCUT2D eigenvalue weighted by Gasteiger charge is 2.33. The Hall–Kier alpha value is -3.11. The minimum atomic E-state index is -4.09. The van der Waals surface area contributed by atoms with E-state index in [1.165, 1.54) is 25.3 Å². The quantitative estimate of drug-likeness (QED) is 0.620. The fourth-order valence-corrected chi connectivity index (χ4v) is 5.39. The molecule has 0 spiro atoms. The van der Waals surface area contributed by atoms with Crippen LogP contribution in [0.15, 0.2) is 41.3 Å². The summed E-state index contributed by atoms with van der Waals surface area (Å²) >= 11 is 0. The lowest BCUT2D eigenvalue weighted by atomic mass is 9.98. The zero-order valence-corrected chi connectivity index (χ0v) is 18.1. The predicted octanol–water partition coefficient (Wildman–Crippen LogP) is 3.79. The maximum Gasteiger partial charge on any atom is 0.354 e. The number of nitrogens with zero attached hydrogens (tertiary/aromatic N) is 2. The molecule has 3 aromatic rings. The third-order valence-electron chi connectivity index (χ3n) is 5.50. The summed E-state index contributed by atoms with van der Waals surface area (Å²) in [7, 11) is -2.80. The number of carbonyl (C=O) groups is 1. The third kappa shape index (κ3) is 3.80. The first-order valence-corrected chi connectivity index (χ1v) is 11.2. The number of aromatic carboxylic acids is 1. The minimum Gasteiger partial charge on any atom is -0.496 e. The minimum absolute atomic E-state index is 0.0174. The molecule has 168 valence electrons. The molecule has 1 saturated heterocycles. The zero-order chi connectivity index (χ0) is 23.2. The van der Waals surface area contributed by atoms with Crippen molar-refractivity contribution in [1.29, 1.82) is 0 Å². The van der Waals surface area contributed by atoms with Crippen molar-refractivity contribution in [3.63, 3.8) is 0 Å². The van der Waals surface area contributed by atoms with Gasteiger partial charge in [0.1, 0.15) is 23.4 Å². The van der Waals surface area contributed by atoms with Crippen molar-refractivity contribution in [2.45, 2.75) is 24.4 Å². The van der Waals surface area contributed by atoms with Gasteiger partial charge in [0.25, 0.3) is 0 Å². The van der Waals surface area contributed by atoms with Crippen LogP contribution < -0.4 is 4.74 Å². The highest BCUT2D eigenvalue weighted by molar-refractivity contribution is 7.89. The van der Waals surface area contributed by atoms with Crippen LogP contribution in [0.5, 0.6) is 5.75 Å². The van der Waals surface area contributed by atoms with Crippen molar-refractivity contribution >= 4 is 26.9 Å². The Morgan fingerprint density at radius 3 is 2.62 bits per heavy atom. The van der Waals surface area contributed by atoms with E-state index >= 15 is 4.39 Å². The van der Waals surface area contributed by atoms with Gasteiger partial charge in [0.05, 0.1) is 23.1 Å². The van der Waals surface area contributed by atoms with Crippen LogP contribution in [-0.2, 0) is 10.0 Å². The van der Waals surface area contributed by atoms with E-state index in [1.54, 1.807) is 19.1 Å². The number of aromatic nitrogens is 1. The molecule has 1 aromatic heterocycles. The standard InChI is InChI=1S/C22H20F2N2O5S/c1-12-7-13(8-19-16(12)3-4-18(25-19)22(27)28)21-17(24)9-15(10-20(21)31-2)32(29,30)26-6-5-14(23)11-26/h3-4,7-10,14H,5-6,11H2,1-2H3,(H,27,28)/t14-/m0/s1. The van der Waals surface area contributed by atoms with Crippen molar-refractivity contribution in [2.24, 2.45) is 0 Å². The third-order valence-corrected chi connectivity index (χ3v) is 7.34. The molecule has 1 aliphatic rings. The average molecular weight is 462 g/mol. The van der Waals surface area contributed by atoms with Gasteiger partial charge >= 0.3 is 5.97 Å². The Bertz CT molecular complexity index is 1340. The van der Waals surface area contributed by atoms with Crippen molar-refractivity contribution < 1.29 is 31.8 Å². The first-order valence-electron chi connectivity index (χ1n) is 9.78. The van der Waals surface area contributed by atoms with Gasteiger partial charge in [0.15, 0.2) is 0 Å². The molecule has 2 aromatic carbocycles. The molecule has 1 aliphatic heterocycles. The monoisotopic (exact) mass is 462 g/mol. The zero-order valence-electron chi connectivity index (χ0n) is 17.3. The van der Waals surface area contributed by atoms with Gasteiger partial charge < -0.3 is 9.84 Å². The number of halogens is 2. The average Bonchev–Trinajstić information content (AvgIpc) is 3.19. The first kappa shape index (κ1) is 22.1. The van der Waals surface area contributed by atoms with Gasteiger partial charge in [-0.3, -0.25) is 0 Å². The van der Waals surface area contributed by atoms with Crippen molar-refractivity contribution in [3.8, 4) is 16.9 Å². The number of rotatable bonds is 5. The summed E-state index contributed by atoms with van der Waals surface area (Å²) in [6, 6.07) is 8.33. The Labute approximate surface area is 183 Å². The van der Waals surface area contributed by atoms with E-state index in [-0.39, 0.29) is 41.4 Å². The normalized spacial score (nSPS) is 17.1. The topological polar surface area (TPSA) is 96.8 Å². The molecule has 4 rings (SSSR count). The molecule has 0 aliphatic carbocycles. The number of sulfonamides is 1. The number of fused-ring (bicyclic) bond motifs is 1. The summed E-state index contributed by atoms with van der Waals surface area (Å²) in [5.74, 6) is -2.05. The van der Waals surface area contributed by atoms with E-state index in [0.29, 0.717) is 16.5 Å². The number of carboxylic acids is 1. The van der Waals surface area contributed by atoms with E-state index < -0.39 is 28.0 Å². The molecule has 1 fully saturated rings. The maximum atomic E-state index is 15.3. The number of hydrogen-bond donors (Lipinski definition) is 1. The number of pyridine rings is 1. The largest absolute Gasteiger partial charge is 0.496 e. The number of carboxylic acid groups (broad SMARTS) is 1. The Morgan fingerprint density at radius 2 is 2.00 bits per heavy atom. The van der Waals surface area contributed by atoms with Crippen LogP contribution in [0.3, 0.4) is 0 Å². The van der Waals surface area contributed by atoms with Crippen LogP contribution in [0.25, 0.3) is 22.0 Å². The van der Waals surface area contributed by atoms with Gasteiger partial charge in [0, 0.05) is 24.5 Å².